The number of phenolic OH excluding ortho intramolecular Hbond substituents is 1. The predicted octanol–water partition coefficient (Wildman–Crippen LogP) is 1.14. The van der Waals surface area contributed by atoms with Gasteiger partial charge in [-0.05, 0) is 24.3 Å². The van der Waals surface area contributed by atoms with Crippen LogP contribution in [0.25, 0.3) is 17.2 Å². The predicted molar refractivity (Wildman–Crippen MR) is 73.3 cm³/mol. The lowest BCUT2D eigenvalue weighted by Crippen LogP contribution is -2.26. The van der Waals surface area contributed by atoms with Crippen molar-refractivity contribution >= 4 is 5.78 Å². The van der Waals surface area contributed by atoms with Gasteiger partial charge in [0.15, 0.2) is 5.82 Å². The van der Waals surface area contributed by atoms with Crippen LogP contribution in [0.4, 0.5) is 0 Å². The van der Waals surface area contributed by atoms with E-state index in [4.69, 9.17) is 0 Å². The molecule has 0 unspecified atom stereocenters. The van der Waals surface area contributed by atoms with E-state index < -0.39 is 0 Å². The van der Waals surface area contributed by atoms with Crippen LogP contribution >= 0.6 is 0 Å². The molecule has 0 saturated heterocycles. The van der Waals surface area contributed by atoms with Crippen LogP contribution in [-0.4, -0.2) is 31.2 Å². The second kappa shape index (κ2) is 4.28. The molecule has 6 nitrogen and oxygen atoms in total. The van der Waals surface area contributed by atoms with E-state index >= 15 is 0 Å². The van der Waals surface area contributed by atoms with Crippen LogP contribution in [-0.2, 0) is 13.0 Å². The maximum atomic E-state index is 9.34. The maximum Gasteiger partial charge on any atom is 0.252 e. The fourth-order valence-corrected chi connectivity index (χ4v) is 2.49. The van der Waals surface area contributed by atoms with Gasteiger partial charge in [0, 0.05) is 36.8 Å². The Morgan fingerprint density at radius 2 is 2.05 bits per heavy atom. The highest BCUT2D eigenvalue weighted by Crippen LogP contribution is 2.21. The van der Waals surface area contributed by atoms with Gasteiger partial charge in [0.1, 0.15) is 5.75 Å². The Hall–Kier alpha value is -2.47. The number of aromatic nitrogens is 4. The molecule has 100 valence electrons. The minimum Gasteiger partial charge on any atom is -0.508 e. The Kier molecular flexibility index (Phi) is 2.43. The zero-order valence-electron chi connectivity index (χ0n) is 10.7. The van der Waals surface area contributed by atoms with E-state index in [0.29, 0.717) is 11.6 Å². The van der Waals surface area contributed by atoms with Gasteiger partial charge in [0.25, 0.3) is 5.78 Å². The quantitative estimate of drug-likeness (QED) is 0.691. The molecule has 1 aromatic carbocycles. The molecule has 2 aromatic heterocycles. The topological polar surface area (TPSA) is 75.3 Å². The fourth-order valence-electron chi connectivity index (χ4n) is 2.49. The van der Waals surface area contributed by atoms with Gasteiger partial charge in [0.05, 0.1) is 5.69 Å². The van der Waals surface area contributed by atoms with Crippen LogP contribution in [0.2, 0.25) is 0 Å². The maximum absolute atomic E-state index is 9.34. The lowest BCUT2D eigenvalue weighted by molar-refractivity contribution is 0.475. The van der Waals surface area contributed by atoms with Crippen molar-refractivity contribution in [2.45, 2.75) is 13.0 Å². The first kappa shape index (κ1) is 11.4. The zero-order valence-corrected chi connectivity index (χ0v) is 10.7. The summed E-state index contributed by atoms with van der Waals surface area (Å²) in [5, 5.41) is 17.2. The van der Waals surface area contributed by atoms with Crippen molar-refractivity contribution in [3.8, 4) is 17.1 Å². The molecule has 0 saturated carbocycles. The number of aromatic hydroxyl groups is 1. The lowest BCUT2D eigenvalue weighted by atomic mass is 10.1. The molecule has 1 aliphatic heterocycles. The average molecular weight is 267 g/mol. The third-order valence-corrected chi connectivity index (χ3v) is 3.53. The van der Waals surface area contributed by atoms with Gasteiger partial charge in [-0.15, -0.1) is 5.10 Å². The molecular weight excluding hydrogens is 254 g/mol. The first-order valence-corrected chi connectivity index (χ1v) is 6.55. The standard InChI is InChI=1S/C14H13N5O/c20-11-3-1-9(2-4-11)13-17-14-16-8-10-7-15-6-5-12(10)19(14)18-13/h1-4,8,15,20H,5-7H2. The SMILES string of the molecule is Oc1ccc(-c2nc3ncc4c(n3n2)CCNC4)cc1. The molecule has 0 bridgehead atoms. The van der Waals surface area contributed by atoms with Crippen molar-refractivity contribution in [3.05, 3.63) is 41.7 Å². The summed E-state index contributed by atoms with van der Waals surface area (Å²) in [5.41, 5.74) is 3.22. The van der Waals surface area contributed by atoms with Crippen molar-refractivity contribution in [3.63, 3.8) is 0 Å². The highest BCUT2D eigenvalue weighted by atomic mass is 16.3. The Balaban J connectivity index is 1.88. The second-order valence-corrected chi connectivity index (χ2v) is 4.85. The minimum absolute atomic E-state index is 0.235. The molecule has 0 spiro atoms. The van der Waals surface area contributed by atoms with Gasteiger partial charge in [0.2, 0.25) is 0 Å². The molecule has 4 rings (SSSR count). The van der Waals surface area contributed by atoms with Gasteiger partial charge >= 0.3 is 0 Å². The van der Waals surface area contributed by atoms with Crippen molar-refractivity contribution in [2.75, 3.05) is 6.54 Å². The molecular formula is C14H13N5O. The van der Waals surface area contributed by atoms with Gasteiger partial charge < -0.3 is 10.4 Å². The molecule has 0 atom stereocenters. The summed E-state index contributed by atoms with van der Waals surface area (Å²) in [6.45, 7) is 1.77. The van der Waals surface area contributed by atoms with Crippen molar-refractivity contribution in [1.82, 2.24) is 24.9 Å². The number of nitrogens with zero attached hydrogens (tertiary/aromatic N) is 4. The second-order valence-electron chi connectivity index (χ2n) is 4.85. The Bertz CT molecular complexity index is 778. The van der Waals surface area contributed by atoms with E-state index in [-0.39, 0.29) is 5.75 Å². The van der Waals surface area contributed by atoms with Gasteiger partial charge in [-0.1, -0.05) is 0 Å². The summed E-state index contributed by atoms with van der Waals surface area (Å²) in [7, 11) is 0. The Morgan fingerprint density at radius 1 is 1.20 bits per heavy atom. The Morgan fingerprint density at radius 3 is 2.90 bits per heavy atom. The molecule has 3 heterocycles. The summed E-state index contributed by atoms with van der Waals surface area (Å²) >= 11 is 0. The highest BCUT2D eigenvalue weighted by Gasteiger charge is 2.16. The molecule has 6 heteroatoms. The van der Waals surface area contributed by atoms with E-state index in [1.807, 2.05) is 10.7 Å². The summed E-state index contributed by atoms with van der Waals surface area (Å²) in [6.07, 6.45) is 2.79. The zero-order chi connectivity index (χ0) is 13.5. The van der Waals surface area contributed by atoms with Gasteiger partial charge in [-0.25, -0.2) is 9.50 Å². The third-order valence-electron chi connectivity index (χ3n) is 3.53. The molecule has 1 aliphatic rings. The van der Waals surface area contributed by atoms with E-state index in [1.54, 1.807) is 24.3 Å². The summed E-state index contributed by atoms with van der Waals surface area (Å²) in [5.74, 6) is 1.48. The molecule has 3 aromatic rings. The van der Waals surface area contributed by atoms with Crippen molar-refractivity contribution < 1.29 is 5.11 Å². The first-order chi connectivity index (χ1) is 9.81. The first-order valence-electron chi connectivity index (χ1n) is 6.55. The van der Waals surface area contributed by atoms with Crippen LogP contribution in [0.15, 0.2) is 30.5 Å². The van der Waals surface area contributed by atoms with Crippen LogP contribution < -0.4 is 5.32 Å². The van der Waals surface area contributed by atoms with Gasteiger partial charge in [-0.2, -0.15) is 4.98 Å². The van der Waals surface area contributed by atoms with E-state index in [0.717, 1.165) is 25.1 Å². The molecule has 20 heavy (non-hydrogen) atoms. The smallest absolute Gasteiger partial charge is 0.252 e. The van der Waals surface area contributed by atoms with Crippen LogP contribution in [0, 0.1) is 0 Å². The molecule has 2 N–H and O–H groups in total. The number of benzene rings is 1. The van der Waals surface area contributed by atoms with E-state index in [1.165, 1.54) is 11.3 Å². The summed E-state index contributed by atoms with van der Waals surface area (Å²) in [6, 6.07) is 6.87. The fraction of sp³-hybridized carbons (Fsp3) is 0.214. The van der Waals surface area contributed by atoms with Crippen molar-refractivity contribution in [2.24, 2.45) is 0 Å². The lowest BCUT2D eigenvalue weighted by Gasteiger charge is -2.16. The number of nitrogens with one attached hydrogen (secondary N) is 1. The van der Waals surface area contributed by atoms with Crippen molar-refractivity contribution in [1.29, 1.82) is 0 Å². The molecule has 0 aliphatic carbocycles. The number of phenols is 1. The number of fused-ring (bicyclic) bond motifs is 3. The van der Waals surface area contributed by atoms with Crippen LogP contribution in [0.5, 0.6) is 5.75 Å². The number of hydrogen-bond donors (Lipinski definition) is 2. The number of hydrogen-bond acceptors (Lipinski definition) is 5. The molecule has 0 amide bonds. The summed E-state index contributed by atoms with van der Waals surface area (Å²) < 4.78 is 1.83. The van der Waals surface area contributed by atoms with E-state index in [2.05, 4.69) is 20.4 Å². The highest BCUT2D eigenvalue weighted by molar-refractivity contribution is 5.58. The van der Waals surface area contributed by atoms with Crippen LogP contribution in [0.3, 0.4) is 0 Å². The normalized spacial score (nSPS) is 14.4. The monoisotopic (exact) mass is 267 g/mol. The largest absolute Gasteiger partial charge is 0.508 e. The third kappa shape index (κ3) is 1.73. The van der Waals surface area contributed by atoms with Gasteiger partial charge in [-0.3, -0.25) is 0 Å². The average Bonchev–Trinajstić information content (AvgIpc) is 2.92. The number of rotatable bonds is 1. The Labute approximate surface area is 115 Å². The van der Waals surface area contributed by atoms with Crippen LogP contribution in [0.1, 0.15) is 11.3 Å². The summed E-state index contributed by atoms with van der Waals surface area (Å²) in [4.78, 5) is 8.82. The molecule has 0 fully saturated rings. The molecule has 0 radical (unpaired) electrons. The van der Waals surface area contributed by atoms with E-state index in [9.17, 15) is 5.11 Å². The minimum atomic E-state index is 0.235.